The molecule has 0 atom stereocenters. The minimum absolute atomic E-state index is 0.140. The Kier molecular flexibility index (Phi) is 2.00. The van der Waals surface area contributed by atoms with Gasteiger partial charge in [-0.15, -0.1) is 0 Å². The van der Waals surface area contributed by atoms with E-state index in [4.69, 9.17) is 0 Å². The number of aliphatic imine (C=N–C) groups is 1. The zero-order chi connectivity index (χ0) is 8.55. The van der Waals surface area contributed by atoms with Gasteiger partial charge in [0.05, 0.1) is 4.22 Å². The van der Waals surface area contributed by atoms with Crippen LogP contribution in [0.3, 0.4) is 0 Å². The lowest BCUT2D eigenvalue weighted by Crippen LogP contribution is -1.91. The summed E-state index contributed by atoms with van der Waals surface area (Å²) < 4.78 is 29.2. The Labute approximate surface area is 77.9 Å². The van der Waals surface area contributed by atoms with Gasteiger partial charge in [-0.2, -0.15) is 0 Å². The minimum atomic E-state index is -0.844. The first-order chi connectivity index (χ1) is 5.79. The fourth-order valence-corrected chi connectivity index (χ4v) is 2.44. The summed E-state index contributed by atoms with van der Waals surface area (Å²) in [5, 5.41) is 0. The van der Waals surface area contributed by atoms with Crippen molar-refractivity contribution in [2.45, 2.75) is 0 Å². The van der Waals surface area contributed by atoms with Crippen LogP contribution in [-0.4, -0.2) is 8.23 Å². The highest BCUT2D eigenvalue weighted by Gasteiger charge is 2.11. The first kappa shape index (κ1) is 7.97. The average Bonchev–Trinajstić information content (AvgIpc) is 2.12. The van der Waals surface area contributed by atoms with E-state index >= 15 is 0 Å². The first-order valence-corrected chi connectivity index (χ1v) is 5.74. The van der Waals surface area contributed by atoms with E-state index in [2.05, 4.69) is 4.99 Å². The molecule has 0 N–H and O–H groups in total. The zero-order valence-electron chi connectivity index (χ0n) is 5.89. The standard InChI is InChI=1S/C8H4F2IN/c9-6-2-1-5-3-11-4-12-8(5)7(6)10/h1-4H. The lowest BCUT2D eigenvalue weighted by atomic mass is 10.2. The molecule has 2 rings (SSSR count). The lowest BCUT2D eigenvalue weighted by molar-refractivity contribution is 0.510. The molecule has 0 bridgehead atoms. The molecule has 12 heavy (non-hydrogen) atoms. The van der Waals surface area contributed by atoms with Crippen molar-refractivity contribution in [2.24, 2.45) is 4.99 Å². The summed E-state index contributed by atoms with van der Waals surface area (Å²) in [6, 6.07) is 2.69. The van der Waals surface area contributed by atoms with E-state index < -0.39 is 11.6 Å². The highest BCUT2D eigenvalue weighted by Crippen LogP contribution is 2.27. The number of rotatable bonds is 0. The predicted octanol–water partition coefficient (Wildman–Crippen LogP) is 2.76. The Balaban J connectivity index is 2.72. The second kappa shape index (κ2) is 3.01. The maximum atomic E-state index is 13.0. The van der Waals surface area contributed by atoms with Crippen LogP contribution < -0.4 is 0 Å². The monoisotopic (exact) mass is 279 g/mol. The molecule has 0 spiro atoms. The van der Waals surface area contributed by atoms with E-state index in [0.717, 1.165) is 6.07 Å². The average molecular weight is 279 g/mol. The van der Waals surface area contributed by atoms with Gasteiger partial charge in [0.15, 0.2) is 11.6 Å². The smallest absolute Gasteiger partial charge is 0.185 e. The van der Waals surface area contributed by atoms with Crippen molar-refractivity contribution in [3.05, 3.63) is 29.3 Å². The second-order valence-corrected chi connectivity index (χ2v) is 4.16. The maximum absolute atomic E-state index is 13.0. The fourth-order valence-electron chi connectivity index (χ4n) is 0.947. The van der Waals surface area contributed by atoms with E-state index in [1.54, 1.807) is 10.3 Å². The minimum Gasteiger partial charge on any atom is -0.247 e. The van der Waals surface area contributed by atoms with Crippen LogP contribution in [-0.2, 0) is 0 Å². The fraction of sp³-hybridized carbons (Fsp3) is 0. The number of hydrogen-bond acceptors (Lipinski definition) is 1. The molecule has 0 saturated heterocycles. The third kappa shape index (κ3) is 1.20. The van der Waals surface area contributed by atoms with Crippen molar-refractivity contribution in [2.75, 3.05) is 0 Å². The van der Waals surface area contributed by atoms with E-state index in [9.17, 15) is 8.78 Å². The van der Waals surface area contributed by atoms with E-state index in [0.29, 0.717) is 5.56 Å². The van der Waals surface area contributed by atoms with Crippen molar-refractivity contribution < 1.29 is 8.78 Å². The highest BCUT2D eigenvalue weighted by molar-refractivity contribution is 14.2. The Morgan fingerprint density at radius 2 is 2.08 bits per heavy atom. The molecule has 0 radical (unpaired) electrons. The summed E-state index contributed by atoms with van der Waals surface area (Å²) in [5.74, 6) is -1.68. The summed E-state index contributed by atoms with van der Waals surface area (Å²) in [5.41, 5.74) is 0.852. The molecule has 0 unspecified atom stereocenters. The number of halogens is 3. The normalized spacial score (nSPS) is 13.8. The van der Waals surface area contributed by atoms with Crippen LogP contribution in [0.1, 0.15) is 5.56 Å². The third-order valence-electron chi connectivity index (χ3n) is 1.52. The number of hydrogen-bond donors (Lipinski definition) is 0. The van der Waals surface area contributed by atoms with Gasteiger partial charge >= 0.3 is 0 Å². The third-order valence-corrected chi connectivity index (χ3v) is 3.15. The molecule has 62 valence electrons. The molecule has 1 aliphatic rings. The van der Waals surface area contributed by atoms with E-state index in [1.165, 1.54) is 0 Å². The number of nitrogens with zero attached hydrogens (tertiary/aromatic N) is 1. The van der Waals surface area contributed by atoms with Crippen molar-refractivity contribution in [1.82, 2.24) is 0 Å². The van der Waals surface area contributed by atoms with Crippen molar-refractivity contribution >= 4 is 34.7 Å². The summed E-state index contributed by atoms with van der Waals surface area (Å²) in [6.07, 6.45) is 0. The van der Waals surface area contributed by atoms with Crippen molar-refractivity contribution in [3.63, 3.8) is 0 Å². The highest BCUT2D eigenvalue weighted by atomic mass is 127. The number of benzene rings is 1. The van der Waals surface area contributed by atoms with Crippen LogP contribution in [0.4, 0.5) is 14.5 Å². The van der Waals surface area contributed by atoms with E-state index in [1.807, 2.05) is 4.01 Å². The van der Waals surface area contributed by atoms with Gasteiger partial charge in [0.25, 0.3) is 0 Å². The van der Waals surface area contributed by atoms with Gasteiger partial charge in [0.2, 0.25) is 0 Å². The van der Waals surface area contributed by atoms with Gasteiger partial charge < -0.3 is 0 Å². The maximum Gasteiger partial charge on any atom is 0.185 e. The zero-order valence-corrected chi connectivity index (χ0v) is 8.05. The Bertz CT molecular complexity index is 385. The molecular formula is C8H4F2IN. The van der Waals surface area contributed by atoms with Crippen molar-refractivity contribution in [1.29, 1.82) is 0 Å². The lowest BCUT2D eigenvalue weighted by Gasteiger charge is -2.04. The molecular weight excluding hydrogens is 275 g/mol. The van der Waals surface area contributed by atoms with Crippen LogP contribution in [0.5, 0.6) is 0 Å². The van der Waals surface area contributed by atoms with Gasteiger partial charge in [-0.05, 0) is 16.1 Å². The first-order valence-electron chi connectivity index (χ1n) is 3.25. The molecule has 4 heteroatoms. The quantitative estimate of drug-likeness (QED) is 0.647. The summed E-state index contributed by atoms with van der Waals surface area (Å²) in [6.45, 7) is 0. The molecule has 1 aliphatic heterocycles. The second-order valence-electron chi connectivity index (χ2n) is 2.26. The Morgan fingerprint density at radius 1 is 1.25 bits per heavy atom. The molecule has 0 aromatic heterocycles. The van der Waals surface area contributed by atoms with Crippen LogP contribution >= 0.6 is 20.7 Å². The van der Waals surface area contributed by atoms with E-state index in [-0.39, 0.29) is 26.4 Å². The summed E-state index contributed by atoms with van der Waals surface area (Å²) in [4.78, 5) is 3.83. The summed E-state index contributed by atoms with van der Waals surface area (Å²) in [7, 11) is 0. The van der Waals surface area contributed by atoms with Gasteiger partial charge in [0, 0.05) is 5.56 Å². The van der Waals surface area contributed by atoms with Gasteiger partial charge in [-0.1, -0.05) is 20.7 Å². The molecule has 0 amide bonds. The van der Waals surface area contributed by atoms with Crippen LogP contribution in [0, 0.1) is 11.6 Å². The van der Waals surface area contributed by atoms with Crippen LogP contribution in [0.25, 0.3) is 0 Å². The molecule has 0 saturated carbocycles. The Morgan fingerprint density at radius 3 is 2.92 bits per heavy atom. The summed E-state index contributed by atoms with van der Waals surface area (Å²) >= 11 is -0.203. The molecule has 0 fully saturated rings. The molecule has 1 aromatic carbocycles. The van der Waals surface area contributed by atoms with Crippen LogP contribution in [0.15, 0.2) is 17.1 Å². The topological polar surface area (TPSA) is 12.4 Å². The molecule has 1 nitrogen and oxygen atoms in total. The van der Waals surface area contributed by atoms with Gasteiger partial charge in [0.1, 0.15) is 5.69 Å². The van der Waals surface area contributed by atoms with Crippen LogP contribution in [0.2, 0.25) is 0 Å². The SMILES string of the molecule is Fc1ccc2c(c1F)N=CI=C2. The molecule has 0 aliphatic carbocycles. The molecule has 1 heterocycles. The van der Waals surface area contributed by atoms with Crippen molar-refractivity contribution in [3.8, 4) is 0 Å². The Hall–Kier alpha value is -0.650. The largest absolute Gasteiger partial charge is 0.247 e. The van der Waals surface area contributed by atoms with Gasteiger partial charge in [-0.25, -0.2) is 13.8 Å². The predicted molar refractivity (Wildman–Crippen MR) is 53.7 cm³/mol. The number of fused-ring (bicyclic) bond motifs is 1. The molecule has 1 aromatic rings. The van der Waals surface area contributed by atoms with Gasteiger partial charge in [-0.3, -0.25) is 0 Å².